The van der Waals surface area contributed by atoms with E-state index in [0.717, 1.165) is 13.2 Å². The Balaban J connectivity index is 2.82. The van der Waals surface area contributed by atoms with Gasteiger partial charge < -0.3 is 10.1 Å². The average molecular weight is 173 g/mol. The molecule has 0 bridgehead atoms. The van der Waals surface area contributed by atoms with Crippen LogP contribution >= 0.6 is 0 Å². The van der Waals surface area contributed by atoms with E-state index in [4.69, 9.17) is 4.74 Å². The summed E-state index contributed by atoms with van der Waals surface area (Å²) in [6, 6.07) is 0. The topological polar surface area (TPSA) is 21.3 Å². The van der Waals surface area contributed by atoms with E-state index in [-0.39, 0.29) is 0 Å². The molecule has 0 saturated heterocycles. The van der Waals surface area contributed by atoms with Gasteiger partial charge in [0.05, 0.1) is 6.10 Å². The van der Waals surface area contributed by atoms with Crippen LogP contribution in [0.25, 0.3) is 0 Å². The van der Waals surface area contributed by atoms with Gasteiger partial charge >= 0.3 is 0 Å². The van der Waals surface area contributed by atoms with Crippen molar-refractivity contribution in [3.05, 3.63) is 0 Å². The molecule has 2 heteroatoms. The maximum absolute atomic E-state index is 5.43. The summed E-state index contributed by atoms with van der Waals surface area (Å²) in [6.45, 7) is 6.24. The minimum Gasteiger partial charge on any atom is -0.379 e. The molecule has 0 radical (unpaired) electrons. The molecular formula is C10H23NO. The van der Waals surface area contributed by atoms with Gasteiger partial charge in [0, 0.05) is 6.61 Å². The highest BCUT2D eigenvalue weighted by molar-refractivity contribution is 4.45. The second-order valence-corrected chi connectivity index (χ2v) is 3.44. The molecule has 0 aromatic heterocycles. The highest BCUT2D eigenvalue weighted by Crippen LogP contribution is 2.00. The molecule has 0 aliphatic rings. The monoisotopic (exact) mass is 173 g/mol. The number of nitrogens with one attached hydrogen (secondary N) is 1. The van der Waals surface area contributed by atoms with E-state index in [0.29, 0.717) is 6.10 Å². The van der Waals surface area contributed by atoms with E-state index >= 15 is 0 Å². The molecule has 0 fully saturated rings. The van der Waals surface area contributed by atoms with Crippen LogP contribution < -0.4 is 5.32 Å². The molecular weight excluding hydrogens is 150 g/mol. The molecule has 0 aliphatic heterocycles. The van der Waals surface area contributed by atoms with Gasteiger partial charge in [-0.25, -0.2) is 0 Å². The lowest BCUT2D eigenvalue weighted by atomic mass is 10.2. The van der Waals surface area contributed by atoms with E-state index in [9.17, 15) is 0 Å². The van der Waals surface area contributed by atoms with Gasteiger partial charge in [-0.2, -0.15) is 0 Å². The number of unbranched alkanes of at least 4 members (excludes halogenated alkanes) is 3. The fourth-order valence-corrected chi connectivity index (χ4v) is 1.08. The Morgan fingerprint density at radius 3 is 2.33 bits per heavy atom. The van der Waals surface area contributed by atoms with Crippen LogP contribution in [0.15, 0.2) is 0 Å². The van der Waals surface area contributed by atoms with Crippen molar-refractivity contribution < 1.29 is 4.74 Å². The lowest BCUT2D eigenvalue weighted by Crippen LogP contribution is -2.07. The maximum atomic E-state index is 5.43. The first kappa shape index (κ1) is 11.9. The lowest BCUT2D eigenvalue weighted by Gasteiger charge is -2.06. The first-order valence-electron chi connectivity index (χ1n) is 5.03. The minimum absolute atomic E-state index is 0.391. The predicted octanol–water partition coefficient (Wildman–Crippen LogP) is 2.19. The van der Waals surface area contributed by atoms with Crippen LogP contribution in [0.2, 0.25) is 0 Å². The van der Waals surface area contributed by atoms with Crippen molar-refractivity contribution >= 4 is 0 Å². The molecule has 0 heterocycles. The van der Waals surface area contributed by atoms with Gasteiger partial charge in [0.15, 0.2) is 0 Å². The number of rotatable bonds is 8. The first-order chi connectivity index (χ1) is 5.77. The van der Waals surface area contributed by atoms with Crippen LogP contribution in [0.5, 0.6) is 0 Å². The largest absolute Gasteiger partial charge is 0.379 e. The highest BCUT2D eigenvalue weighted by atomic mass is 16.5. The number of ether oxygens (including phenoxy) is 1. The fourth-order valence-electron chi connectivity index (χ4n) is 1.08. The molecule has 0 unspecified atom stereocenters. The van der Waals surface area contributed by atoms with E-state index in [1.54, 1.807) is 0 Å². The molecule has 0 aromatic carbocycles. The molecule has 0 rings (SSSR count). The van der Waals surface area contributed by atoms with Gasteiger partial charge in [-0.05, 0) is 40.3 Å². The molecule has 0 atom stereocenters. The smallest absolute Gasteiger partial charge is 0.0518 e. The molecule has 0 aliphatic carbocycles. The zero-order chi connectivity index (χ0) is 9.23. The maximum Gasteiger partial charge on any atom is 0.0518 e. The van der Waals surface area contributed by atoms with E-state index < -0.39 is 0 Å². The molecule has 0 spiro atoms. The van der Waals surface area contributed by atoms with Crippen molar-refractivity contribution in [3.8, 4) is 0 Å². The Labute approximate surface area is 76.7 Å². The Morgan fingerprint density at radius 2 is 1.75 bits per heavy atom. The number of hydrogen-bond donors (Lipinski definition) is 1. The third-order valence-corrected chi connectivity index (χ3v) is 1.77. The van der Waals surface area contributed by atoms with Crippen LogP contribution in [0, 0.1) is 0 Å². The summed E-state index contributed by atoms with van der Waals surface area (Å²) < 4.78 is 5.43. The van der Waals surface area contributed by atoms with E-state index in [1.807, 2.05) is 7.05 Å². The third-order valence-electron chi connectivity index (χ3n) is 1.77. The Hall–Kier alpha value is -0.0800. The summed E-state index contributed by atoms with van der Waals surface area (Å²) in [6.07, 6.45) is 5.51. The summed E-state index contributed by atoms with van der Waals surface area (Å²) in [7, 11) is 2.00. The molecule has 12 heavy (non-hydrogen) atoms. The summed E-state index contributed by atoms with van der Waals surface area (Å²) >= 11 is 0. The molecule has 0 saturated carbocycles. The minimum atomic E-state index is 0.391. The van der Waals surface area contributed by atoms with E-state index in [1.165, 1.54) is 25.7 Å². The van der Waals surface area contributed by atoms with Crippen molar-refractivity contribution in [1.82, 2.24) is 5.32 Å². The Morgan fingerprint density at radius 1 is 1.08 bits per heavy atom. The van der Waals surface area contributed by atoms with Crippen molar-refractivity contribution in [1.29, 1.82) is 0 Å². The second kappa shape index (κ2) is 9.01. The van der Waals surface area contributed by atoms with Gasteiger partial charge in [0.25, 0.3) is 0 Å². The highest BCUT2D eigenvalue weighted by Gasteiger charge is 1.92. The summed E-state index contributed by atoms with van der Waals surface area (Å²) in [5.41, 5.74) is 0. The van der Waals surface area contributed by atoms with Gasteiger partial charge in [-0.1, -0.05) is 12.8 Å². The van der Waals surface area contributed by atoms with Gasteiger partial charge in [-0.15, -0.1) is 0 Å². The first-order valence-corrected chi connectivity index (χ1v) is 5.03. The standard InChI is InChI=1S/C10H23NO/c1-10(2)12-9-7-5-4-6-8-11-3/h10-11H,4-9H2,1-3H3. The van der Waals surface area contributed by atoms with E-state index in [2.05, 4.69) is 19.2 Å². The summed E-state index contributed by atoms with van der Waals surface area (Å²) in [5.74, 6) is 0. The second-order valence-electron chi connectivity index (χ2n) is 3.44. The normalized spacial score (nSPS) is 11.0. The molecule has 0 aromatic rings. The Kier molecular flexibility index (Phi) is 8.95. The lowest BCUT2D eigenvalue weighted by molar-refractivity contribution is 0.0757. The SMILES string of the molecule is CNCCCCCCOC(C)C. The van der Waals surface area contributed by atoms with Crippen molar-refractivity contribution in [3.63, 3.8) is 0 Å². The van der Waals surface area contributed by atoms with Crippen molar-refractivity contribution in [2.45, 2.75) is 45.6 Å². The molecule has 1 N–H and O–H groups in total. The van der Waals surface area contributed by atoms with Gasteiger partial charge in [0.2, 0.25) is 0 Å². The van der Waals surface area contributed by atoms with Crippen LogP contribution in [0.1, 0.15) is 39.5 Å². The van der Waals surface area contributed by atoms with Gasteiger partial charge in [-0.3, -0.25) is 0 Å². The third kappa shape index (κ3) is 9.92. The quantitative estimate of drug-likeness (QED) is 0.568. The molecule has 0 amide bonds. The zero-order valence-electron chi connectivity index (χ0n) is 8.73. The summed E-state index contributed by atoms with van der Waals surface area (Å²) in [5, 5.41) is 3.15. The summed E-state index contributed by atoms with van der Waals surface area (Å²) in [4.78, 5) is 0. The zero-order valence-corrected chi connectivity index (χ0v) is 8.73. The molecule has 74 valence electrons. The van der Waals surface area contributed by atoms with Crippen molar-refractivity contribution in [2.24, 2.45) is 0 Å². The predicted molar refractivity (Wildman–Crippen MR) is 53.5 cm³/mol. The van der Waals surface area contributed by atoms with Crippen LogP contribution in [-0.4, -0.2) is 26.3 Å². The van der Waals surface area contributed by atoms with Crippen molar-refractivity contribution in [2.75, 3.05) is 20.2 Å². The fraction of sp³-hybridized carbons (Fsp3) is 1.00. The number of hydrogen-bond acceptors (Lipinski definition) is 2. The van der Waals surface area contributed by atoms with Crippen LogP contribution in [0.3, 0.4) is 0 Å². The van der Waals surface area contributed by atoms with Crippen LogP contribution in [-0.2, 0) is 4.74 Å². The molecule has 2 nitrogen and oxygen atoms in total. The van der Waals surface area contributed by atoms with Gasteiger partial charge in [0.1, 0.15) is 0 Å². The van der Waals surface area contributed by atoms with Crippen LogP contribution in [0.4, 0.5) is 0 Å². The Bertz CT molecular complexity index is 83.9. The average Bonchev–Trinajstić information content (AvgIpc) is 2.02.